The molecule has 120 valence electrons. The molecule has 6 heteroatoms. The van der Waals surface area contributed by atoms with Gasteiger partial charge in [0.1, 0.15) is 0 Å². The van der Waals surface area contributed by atoms with Crippen molar-refractivity contribution >= 4 is 35.1 Å². The van der Waals surface area contributed by atoms with Gasteiger partial charge in [-0.2, -0.15) is 0 Å². The van der Waals surface area contributed by atoms with Crippen molar-refractivity contribution in [3.63, 3.8) is 0 Å². The summed E-state index contributed by atoms with van der Waals surface area (Å²) in [6.45, 7) is 1.92. The maximum Gasteiger partial charge on any atom is 0.306 e. The molecule has 0 aromatic heterocycles. The van der Waals surface area contributed by atoms with Crippen LogP contribution in [0.1, 0.15) is 37.8 Å². The predicted molar refractivity (Wildman–Crippen MR) is 86.1 cm³/mol. The molecule has 0 aliphatic heterocycles. The molecule has 1 aromatic carbocycles. The van der Waals surface area contributed by atoms with Crippen LogP contribution in [0.2, 0.25) is 10.0 Å². The van der Waals surface area contributed by atoms with Gasteiger partial charge in [0.25, 0.3) is 0 Å². The molecule has 0 radical (unpaired) electrons. The summed E-state index contributed by atoms with van der Waals surface area (Å²) in [7, 11) is 1.74. The van der Waals surface area contributed by atoms with E-state index < -0.39 is 11.9 Å². The maximum absolute atomic E-state index is 12.6. The third-order valence-corrected chi connectivity index (χ3v) is 5.22. The minimum atomic E-state index is -0.810. The molecule has 3 atom stereocenters. The molecular weight excluding hydrogens is 325 g/mol. The Kier molecular flexibility index (Phi) is 5.35. The summed E-state index contributed by atoms with van der Waals surface area (Å²) < 4.78 is 0. The zero-order chi connectivity index (χ0) is 16.4. The molecule has 0 bridgehead atoms. The van der Waals surface area contributed by atoms with E-state index in [4.69, 9.17) is 28.3 Å². The van der Waals surface area contributed by atoms with Crippen LogP contribution < -0.4 is 0 Å². The Bertz CT molecular complexity index is 591. The van der Waals surface area contributed by atoms with E-state index in [1.807, 2.05) is 13.0 Å². The lowest BCUT2D eigenvalue weighted by Gasteiger charge is -2.28. The lowest BCUT2D eigenvalue weighted by molar-refractivity contribution is -0.141. The summed E-state index contributed by atoms with van der Waals surface area (Å²) in [4.78, 5) is 25.2. The average molecular weight is 344 g/mol. The number of carbonyl (C=O) groups excluding carboxylic acids is 1. The number of hydrogen-bond acceptors (Lipinski definition) is 2. The second-order valence-corrected chi connectivity index (χ2v) is 6.66. The Hall–Kier alpha value is -1.26. The lowest BCUT2D eigenvalue weighted by Crippen LogP contribution is -2.34. The Labute approximate surface area is 140 Å². The van der Waals surface area contributed by atoms with E-state index in [1.54, 1.807) is 24.1 Å². The number of carbonyl (C=O) groups is 2. The molecule has 1 aromatic rings. The molecule has 1 fully saturated rings. The number of aliphatic carboxylic acids is 1. The smallest absolute Gasteiger partial charge is 0.306 e. The SMILES string of the molecule is CC(c1ccc(Cl)c(Cl)c1)N(C)C(=O)[C@@H]1CC[C@H](C(=O)O)C1. The molecule has 1 amide bonds. The number of hydrogen-bond donors (Lipinski definition) is 1. The van der Waals surface area contributed by atoms with Crippen molar-refractivity contribution in [1.82, 2.24) is 4.90 Å². The van der Waals surface area contributed by atoms with E-state index in [-0.39, 0.29) is 17.9 Å². The van der Waals surface area contributed by atoms with E-state index >= 15 is 0 Å². The van der Waals surface area contributed by atoms with Crippen molar-refractivity contribution in [3.05, 3.63) is 33.8 Å². The van der Waals surface area contributed by atoms with Crippen LogP contribution in [0.25, 0.3) is 0 Å². The molecule has 1 unspecified atom stereocenters. The van der Waals surface area contributed by atoms with E-state index in [9.17, 15) is 9.59 Å². The summed E-state index contributed by atoms with van der Waals surface area (Å²) in [5.41, 5.74) is 0.901. The molecule has 1 aliphatic carbocycles. The molecule has 0 heterocycles. The number of amides is 1. The highest BCUT2D eigenvalue weighted by molar-refractivity contribution is 6.42. The van der Waals surface area contributed by atoms with Gasteiger partial charge in [0, 0.05) is 13.0 Å². The van der Waals surface area contributed by atoms with Gasteiger partial charge in [-0.1, -0.05) is 29.3 Å². The number of halogens is 2. The maximum atomic E-state index is 12.6. The molecule has 0 spiro atoms. The number of rotatable bonds is 4. The van der Waals surface area contributed by atoms with Crippen LogP contribution in [-0.4, -0.2) is 28.9 Å². The molecule has 4 nitrogen and oxygen atoms in total. The lowest BCUT2D eigenvalue weighted by atomic mass is 10.0. The van der Waals surface area contributed by atoms with Gasteiger partial charge < -0.3 is 10.0 Å². The van der Waals surface area contributed by atoms with Gasteiger partial charge in [0.05, 0.1) is 22.0 Å². The Morgan fingerprint density at radius 3 is 2.41 bits per heavy atom. The van der Waals surface area contributed by atoms with Crippen molar-refractivity contribution in [3.8, 4) is 0 Å². The van der Waals surface area contributed by atoms with Gasteiger partial charge in [-0.3, -0.25) is 9.59 Å². The van der Waals surface area contributed by atoms with E-state index in [2.05, 4.69) is 0 Å². The Balaban J connectivity index is 2.06. The van der Waals surface area contributed by atoms with Crippen LogP contribution in [0.15, 0.2) is 18.2 Å². The largest absolute Gasteiger partial charge is 0.481 e. The summed E-state index contributed by atoms with van der Waals surface area (Å²) in [6.07, 6.45) is 1.63. The molecule has 1 aliphatic rings. The summed E-state index contributed by atoms with van der Waals surface area (Å²) in [5.74, 6) is -1.43. The first-order valence-electron chi connectivity index (χ1n) is 7.25. The van der Waals surface area contributed by atoms with Crippen LogP contribution >= 0.6 is 23.2 Å². The third kappa shape index (κ3) is 3.55. The quantitative estimate of drug-likeness (QED) is 0.898. The van der Waals surface area contributed by atoms with Crippen molar-refractivity contribution < 1.29 is 14.7 Å². The van der Waals surface area contributed by atoms with Crippen molar-refractivity contribution in [2.75, 3.05) is 7.05 Å². The minimum Gasteiger partial charge on any atom is -0.481 e. The molecule has 1 saturated carbocycles. The highest BCUT2D eigenvalue weighted by atomic mass is 35.5. The van der Waals surface area contributed by atoms with Crippen LogP contribution in [0, 0.1) is 11.8 Å². The molecule has 22 heavy (non-hydrogen) atoms. The average Bonchev–Trinajstić information content (AvgIpc) is 2.98. The predicted octanol–water partition coefficient (Wildman–Crippen LogP) is 4.01. The number of nitrogens with zero attached hydrogens (tertiary/aromatic N) is 1. The fourth-order valence-corrected chi connectivity index (χ4v) is 3.21. The van der Waals surface area contributed by atoms with Gasteiger partial charge in [-0.15, -0.1) is 0 Å². The zero-order valence-electron chi connectivity index (χ0n) is 12.6. The van der Waals surface area contributed by atoms with E-state index in [0.717, 1.165) is 5.56 Å². The number of carboxylic acids is 1. The van der Waals surface area contributed by atoms with E-state index in [0.29, 0.717) is 29.3 Å². The van der Waals surface area contributed by atoms with Crippen molar-refractivity contribution in [2.45, 2.75) is 32.2 Å². The molecular formula is C16H19Cl2NO3. The highest BCUT2D eigenvalue weighted by Gasteiger charge is 2.36. The molecule has 1 N–H and O–H groups in total. The number of benzene rings is 1. The van der Waals surface area contributed by atoms with Crippen LogP contribution in [0.5, 0.6) is 0 Å². The first-order valence-corrected chi connectivity index (χ1v) is 8.01. The minimum absolute atomic E-state index is 0.0117. The zero-order valence-corrected chi connectivity index (χ0v) is 14.1. The Morgan fingerprint density at radius 1 is 1.23 bits per heavy atom. The monoisotopic (exact) mass is 343 g/mol. The van der Waals surface area contributed by atoms with Gasteiger partial charge in [-0.05, 0) is 43.9 Å². The second kappa shape index (κ2) is 6.88. The number of carboxylic acid groups (broad SMARTS) is 1. The second-order valence-electron chi connectivity index (χ2n) is 5.84. The standard InChI is InChI=1S/C16H19Cl2NO3/c1-9(10-5-6-13(17)14(18)8-10)19(2)15(20)11-3-4-12(7-11)16(21)22/h5-6,8-9,11-12H,3-4,7H2,1-2H3,(H,21,22)/t9?,11-,12+/m1/s1. The topological polar surface area (TPSA) is 57.6 Å². The first-order chi connectivity index (χ1) is 10.3. The van der Waals surface area contributed by atoms with Gasteiger partial charge in [0.15, 0.2) is 0 Å². The van der Waals surface area contributed by atoms with Crippen LogP contribution in [-0.2, 0) is 9.59 Å². The van der Waals surface area contributed by atoms with Gasteiger partial charge in [0.2, 0.25) is 5.91 Å². The van der Waals surface area contributed by atoms with E-state index in [1.165, 1.54) is 0 Å². The van der Waals surface area contributed by atoms with Crippen molar-refractivity contribution in [2.24, 2.45) is 11.8 Å². The fourth-order valence-electron chi connectivity index (χ4n) is 2.90. The molecule has 2 rings (SSSR count). The van der Waals surface area contributed by atoms with Crippen LogP contribution in [0.3, 0.4) is 0 Å². The summed E-state index contributed by atoms with van der Waals surface area (Å²) >= 11 is 11.9. The Morgan fingerprint density at radius 2 is 1.86 bits per heavy atom. The third-order valence-electron chi connectivity index (χ3n) is 4.49. The molecule has 0 saturated heterocycles. The van der Waals surface area contributed by atoms with Crippen molar-refractivity contribution in [1.29, 1.82) is 0 Å². The first kappa shape index (κ1) is 17.1. The normalized spacial score (nSPS) is 22.4. The fraction of sp³-hybridized carbons (Fsp3) is 0.500. The van der Waals surface area contributed by atoms with Gasteiger partial charge in [-0.25, -0.2) is 0 Å². The highest BCUT2D eigenvalue weighted by Crippen LogP contribution is 2.34. The summed E-state index contributed by atoms with van der Waals surface area (Å²) in [5, 5.41) is 9.98. The summed E-state index contributed by atoms with van der Waals surface area (Å²) in [6, 6.07) is 5.17. The van der Waals surface area contributed by atoms with Crippen LogP contribution in [0.4, 0.5) is 0 Å². The van der Waals surface area contributed by atoms with Gasteiger partial charge >= 0.3 is 5.97 Å².